The summed E-state index contributed by atoms with van der Waals surface area (Å²) in [6.07, 6.45) is 2.18. The smallest absolute Gasteiger partial charge is 0.220 e. The standard InChI is InChI=1S/C18H24N2O2/c1-19-12-6-13-20-18(21)11-5-14-22-17-10-4-8-15-7-2-3-9-16(15)17/h2-4,7-10,19H,5-6,11-14H2,1H3,(H,20,21). The molecule has 0 radical (unpaired) electrons. The van der Waals surface area contributed by atoms with E-state index in [1.165, 1.54) is 5.39 Å². The van der Waals surface area contributed by atoms with Crippen molar-refractivity contribution in [2.75, 3.05) is 26.7 Å². The predicted octanol–water partition coefficient (Wildman–Crippen LogP) is 2.72. The average Bonchev–Trinajstić information content (AvgIpc) is 2.56. The van der Waals surface area contributed by atoms with Crippen LogP contribution in [0.15, 0.2) is 42.5 Å². The molecule has 0 spiro atoms. The van der Waals surface area contributed by atoms with Crippen molar-refractivity contribution in [1.29, 1.82) is 0 Å². The molecule has 0 unspecified atom stereocenters. The molecule has 2 N–H and O–H groups in total. The van der Waals surface area contributed by atoms with Crippen molar-refractivity contribution >= 4 is 16.7 Å². The SMILES string of the molecule is CNCCCNC(=O)CCCOc1cccc2ccccc12. The molecule has 1 amide bonds. The Morgan fingerprint density at radius 2 is 1.86 bits per heavy atom. The number of fused-ring (bicyclic) bond motifs is 1. The number of carbonyl (C=O) groups excluding carboxylic acids is 1. The van der Waals surface area contributed by atoms with Crippen molar-refractivity contribution in [2.24, 2.45) is 0 Å². The highest BCUT2D eigenvalue weighted by atomic mass is 16.5. The van der Waals surface area contributed by atoms with Gasteiger partial charge in [0.1, 0.15) is 5.75 Å². The van der Waals surface area contributed by atoms with E-state index in [0.717, 1.165) is 37.1 Å². The third-order valence-corrected chi connectivity index (χ3v) is 3.48. The molecule has 0 fully saturated rings. The molecule has 22 heavy (non-hydrogen) atoms. The van der Waals surface area contributed by atoms with E-state index in [4.69, 9.17) is 4.74 Å². The topological polar surface area (TPSA) is 50.4 Å². The summed E-state index contributed by atoms with van der Waals surface area (Å²) < 4.78 is 5.82. The Bertz CT molecular complexity index is 593. The second kappa shape index (κ2) is 9.05. The maximum Gasteiger partial charge on any atom is 0.220 e. The zero-order valence-electron chi connectivity index (χ0n) is 13.1. The first-order valence-corrected chi connectivity index (χ1v) is 7.83. The first-order valence-electron chi connectivity index (χ1n) is 7.83. The Hall–Kier alpha value is -2.07. The fourth-order valence-corrected chi connectivity index (χ4v) is 2.32. The Kier molecular flexibility index (Phi) is 6.71. The lowest BCUT2D eigenvalue weighted by atomic mass is 10.1. The van der Waals surface area contributed by atoms with Crippen LogP contribution in [0, 0.1) is 0 Å². The summed E-state index contributed by atoms with van der Waals surface area (Å²) in [6.45, 7) is 2.20. The van der Waals surface area contributed by atoms with E-state index in [1.54, 1.807) is 0 Å². The molecule has 118 valence electrons. The van der Waals surface area contributed by atoms with Crippen molar-refractivity contribution in [2.45, 2.75) is 19.3 Å². The Morgan fingerprint density at radius 3 is 2.73 bits per heavy atom. The largest absolute Gasteiger partial charge is 0.493 e. The molecule has 2 rings (SSSR count). The van der Waals surface area contributed by atoms with Gasteiger partial charge in [-0.25, -0.2) is 0 Å². The van der Waals surface area contributed by atoms with Crippen LogP contribution in [-0.4, -0.2) is 32.7 Å². The Balaban J connectivity index is 1.71. The molecule has 0 bridgehead atoms. The predicted molar refractivity (Wildman–Crippen MR) is 90.2 cm³/mol. The highest BCUT2D eigenvalue weighted by Gasteiger charge is 2.03. The van der Waals surface area contributed by atoms with Crippen LogP contribution < -0.4 is 15.4 Å². The van der Waals surface area contributed by atoms with E-state index in [1.807, 2.05) is 31.3 Å². The molecular weight excluding hydrogens is 276 g/mol. The number of amides is 1. The van der Waals surface area contributed by atoms with Crippen LogP contribution in [0.5, 0.6) is 5.75 Å². The van der Waals surface area contributed by atoms with Crippen molar-refractivity contribution in [3.8, 4) is 5.75 Å². The molecule has 4 heteroatoms. The molecule has 0 atom stereocenters. The first kappa shape index (κ1) is 16.3. The number of benzene rings is 2. The van der Waals surface area contributed by atoms with Crippen LogP contribution in [0.4, 0.5) is 0 Å². The van der Waals surface area contributed by atoms with Crippen LogP contribution >= 0.6 is 0 Å². The van der Waals surface area contributed by atoms with Crippen molar-refractivity contribution in [3.05, 3.63) is 42.5 Å². The van der Waals surface area contributed by atoms with E-state index in [-0.39, 0.29) is 5.91 Å². The maximum atomic E-state index is 11.6. The fourth-order valence-electron chi connectivity index (χ4n) is 2.32. The number of ether oxygens (including phenoxy) is 1. The van der Waals surface area contributed by atoms with Gasteiger partial charge in [0.15, 0.2) is 0 Å². The molecule has 4 nitrogen and oxygen atoms in total. The number of rotatable bonds is 9. The van der Waals surface area contributed by atoms with E-state index >= 15 is 0 Å². The summed E-state index contributed by atoms with van der Waals surface area (Å²) in [5.41, 5.74) is 0. The van der Waals surface area contributed by atoms with Gasteiger partial charge in [-0.1, -0.05) is 36.4 Å². The van der Waals surface area contributed by atoms with Crippen LogP contribution in [0.1, 0.15) is 19.3 Å². The summed E-state index contributed by atoms with van der Waals surface area (Å²) in [7, 11) is 1.91. The van der Waals surface area contributed by atoms with Gasteiger partial charge in [-0.2, -0.15) is 0 Å². The van der Waals surface area contributed by atoms with E-state index < -0.39 is 0 Å². The third kappa shape index (κ3) is 5.04. The van der Waals surface area contributed by atoms with Crippen molar-refractivity contribution in [1.82, 2.24) is 10.6 Å². The minimum Gasteiger partial charge on any atom is -0.493 e. The quantitative estimate of drug-likeness (QED) is 0.700. The lowest BCUT2D eigenvalue weighted by Crippen LogP contribution is -2.26. The van der Waals surface area contributed by atoms with Gasteiger partial charge in [-0.05, 0) is 37.9 Å². The number of carbonyl (C=O) groups is 1. The molecule has 0 saturated heterocycles. The number of hydrogen-bond donors (Lipinski definition) is 2. The summed E-state index contributed by atoms with van der Waals surface area (Å²) in [5, 5.41) is 8.25. The van der Waals surface area contributed by atoms with Gasteiger partial charge in [-0.15, -0.1) is 0 Å². The monoisotopic (exact) mass is 300 g/mol. The molecule has 0 saturated carbocycles. The molecule has 0 aromatic heterocycles. The van der Waals surface area contributed by atoms with E-state index in [9.17, 15) is 4.79 Å². The van der Waals surface area contributed by atoms with Crippen LogP contribution in [0.25, 0.3) is 10.8 Å². The number of hydrogen-bond acceptors (Lipinski definition) is 3. The summed E-state index contributed by atoms with van der Waals surface area (Å²) in [6, 6.07) is 14.2. The normalized spacial score (nSPS) is 10.6. The summed E-state index contributed by atoms with van der Waals surface area (Å²) in [5.74, 6) is 0.977. The minimum absolute atomic E-state index is 0.0950. The van der Waals surface area contributed by atoms with Gasteiger partial charge in [-0.3, -0.25) is 4.79 Å². The van der Waals surface area contributed by atoms with Crippen LogP contribution in [0.3, 0.4) is 0 Å². The second-order valence-electron chi connectivity index (χ2n) is 5.24. The van der Waals surface area contributed by atoms with Gasteiger partial charge >= 0.3 is 0 Å². The maximum absolute atomic E-state index is 11.6. The van der Waals surface area contributed by atoms with Crippen LogP contribution in [0.2, 0.25) is 0 Å². The van der Waals surface area contributed by atoms with Crippen molar-refractivity contribution < 1.29 is 9.53 Å². The molecule has 0 aliphatic heterocycles. The highest BCUT2D eigenvalue weighted by Crippen LogP contribution is 2.25. The minimum atomic E-state index is 0.0950. The molecule has 2 aromatic rings. The van der Waals surface area contributed by atoms with Gasteiger partial charge in [0.25, 0.3) is 0 Å². The molecule has 0 aliphatic carbocycles. The number of nitrogens with one attached hydrogen (secondary N) is 2. The average molecular weight is 300 g/mol. The van der Waals surface area contributed by atoms with Gasteiger partial charge in [0.05, 0.1) is 6.61 Å². The van der Waals surface area contributed by atoms with Crippen molar-refractivity contribution in [3.63, 3.8) is 0 Å². The third-order valence-electron chi connectivity index (χ3n) is 3.48. The first-order chi connectivity index (χ1) is 10.8. The molecule has 0 heterocycles. The summed E-state index contributed by atoms with van der Waals surface area (Å²) >= 11 is 0. The Labute approximate surface area is 131 Å². The lowest BCUT2D eigenvalue weighted by Gasteiger charge is -2.09. The van der Waals surface area contributed by atoms with Gasteiger partial charge in [0, 0.05) is 18.4 Å². The lowest BCUT2D eigenvalue weighted by molar-refractivity contribution is -0.121. The highest BCUT2D eigenvalue weighted by molar-refractivity contribution is 5.88. The van der Waals surface area contributed by atoms with Crippen LogP contribution in [-0.2, 0) is 4.79 Å². The molecule has 2 aromatic carbocycles. The zero-order valence-corrected chi connectivity index (χ0v) is 13.1. The Morgan fingerprint density at radius 1 is 1.05 bits per heavy atom. The van der Waals surface area contributed by atoms with E-state index in [2.05, 4.69) is 28.8 Å². The van der Waals surface area contributed by atoms with Gasteiger partial charge in [0.2, 0.25) is 5.91 Å². The summed E-state index contributed by atoms with van der Waals surface area (Å²) in [4.78, 5) is 11.6. The second-order valence-corrected chi connectivity index (χ2v) is 5.24. The zero-order chi connectivity index (χ0) is 15.6. The van der Waals surface area contributed by atoms with Gasteiger partial charge < -0.3 is 15.4 Å². The molecular formula is C18H24N2O2. The fraction of sp³-hybridized carbons (Fsp3) is 0.389. The molecule has 0 aliphatic rings. The van der Waals surface area contributed by atoms with E-state index in [0.29, 0.717) is 13.0 Å².